The van der Waals surface area contributed by atoms with Gasteiger partial charge in [-0.15, -0.1) is 0 Å². The van der Waals surface area contributed by atoms with Crippen molar-refractivity contribution >= 4 is 18.2 Å². The molecule has 33 heavy (non-hydrogen) atoms. The van der Waals surface area contributed by atoms with E-state index in [2.05, 4.69) is 20.7 Å². The van der Waals surface area contributed by atoms with Gasteiger partial charge in [-0.05, 0) is 64.7 Å². The number of ether oxygens (including phenoxy) is 2. The van der Waals surface area contributed by atoms with Gasteiger partial charge in [0.15, 0.2) is 0 Å². The standard InChI is InChI=1S/C21H44N6O6/c22-10-4-1-7-13-25-14-19(28)26-17(8-2-5-11-23)15-32-20(29)27-18(9-3-6-12-24)16-33-21(30)31/h17-18,25H,1-16,22-24H2,(H,26,28)(H,27,29)(H,30,31)/t17-,18+/m0/s1. The summed E-state index contributed by atoms with van der Waals surface area (Å²) in [7, 11) is 0. The number of unbranched alkanes of at least 4 members (excludes halogenated alkanes) is 4. The first-order valence-electron chi connectivity index (χ1n) is 11.8. The molecule has 0 spiro atoms. The molecule has 0 aromatic rings. The summed E-state index contributed by atoms with van der Waals surface area (Å²) in [6, 6.07) is -0.867. The fourth-order valence-electron chi connectivity index (χ4n) is 3.07. The predicted octanol–water partition coefficient (Wildman–Crippen LogP) is 0.237. The second-order valence-electron chi connectivity index (χ2n) is 7.88. The smallest absolute Gasteiger partial charge is 0.450 e. The van der Waals surface area contributed by atoms with Crippen molar-refractivity contribution in [3.8, 4) is 0 Å². The lowest BCUT2D eigenvalue weighted by molar-refractivity contribution is -0.121. The van der Waals surface area contributed by atoms with Crippen LogP contribution in [0.2, 0.25) is 0 Å². The Kier molecular flexibility index (Phi) is 20.3. The highest BCUT2D eigenvalue weighted by Gasteiger charge is 2.18. The quantitative estimate of drug-likeness (QED) is 0.0887. The van der Waals surface area contributed by atoms with Gasteiger partial charge in [0.1, 0.15) is 13.2 Å². The molecule has 0 unspecified atom stereocenters. The van der Waals surface area contributed by atoms with Crippen molar-refractivity contribution in [1.29, 1.82) is 0 Å². The number of hydrogen-bond donors (Lipinski definition) is 7. The molecule has 2 atom stereocenters. The van der Waals surface area contributed by atoms with Crippen molar-refractivity contribution in [2.24, 2.45) is 17.2 Å². The van der Waals surface area contributed by atoms with Crippen LogP contribution in [0.3, 0.4) is 0 Å². The van der Waals surface area contributed by atoms with E-state index in [1.54, 1.807) is 0 Å². The van der Waals surface area contributed by atoms with Crippen LogP contribution < -0.4 is 33.2 Å². The summed E-state index contributed by atoms with van der Waals surface area (Å²) < 4.78 is 9.87. The van der Waals surface area contributed by atoms with Gasteiger partial charge in [-0.25, -0.2) is 9.59 Å². The maximum atomic E-state index is 12.2. The summed E-state index contributed by atoms with van der Waals surface area (Å²) >= 11 is 0. The monoisotopic (exact) mass is 476 g/mol. The Labute approximate surface area is 196 Å². The van der Waals surface area contributed by atoms with Gasteiger partial charge in [0.05, 0.1) is 18.6 Å². The second kappa shape index (κ2) is 21.7. The van der Waals surface area contributed by atoms with Gasteiger partial charge in [0.2, 0.25) is 5.91 Å². The van der Waals surface area contributed by atoms with Gasteiger partial charge in [0.25, 0.3) is 0 Å². The third-order valence-electron chi connectivity index (χ3n) is 4.87. The van der Waals surface area contributed by atoms with Crippen LogP contribution in [-0.4, -0.2) is 81.3 Å². The zero-order valence-corrected chi connectivity index (χ0v) is 19.7. The Hall–Kier alpha value is -2.15. The van der Waals surface area contributed by atoms with E-state index in [4.69, 9.17) is 27.0 Å². The molecular formula is C21H44N6O6. The first-order valence-corrected chi connectivity index (χ1v) is 11.8. The Morgan fingerprint density at radius 2 is 1.27 bits per heavy atom. The number of nitrogens with two attached hydrogens (primary N) is 3. The van der Waals surface area contributed by atoms with Crippen LogP contribution in [0.1, 0.15) is 57.8 Å². The number of carbonyl (C=O) groups excluding carboxylic acids is 2. The van der Waals surface area contributed by atoms with Gasteiger partial charge in [-0.3, -0.25) is 4.79 Å². The highest BCUT2D eigenvalue weighted by atomic mass is 16.7. The molecule has 0 fully saturated rings. The van der Waals surface area contributed by atoms with E-state index in [0.29, 0.717) is 38.9 Å². The van der Waals surface area contributed by atoms with Gasteiger partial charge in [0, 0.05) is 0 Å². The molecule has 10 N–H and O–H groups in total. The summed E-state index contributed by atoms with van der Waals surface area (Å²) in [5, 5.41) is 17.3. The molecule has 0 rings (SSSR count). The van der Waals surface area contributed by atoms with Gasteiger partial charge in [-0.2, -0.15) is 0 Å². The second-order valence-corrected chi connectivity index (χ2v) is 7.88. The lowest BCUT2D eigenvalue weighted by atomic mass is 10.1. The number of hydrogen-bond acceptors (Lipinski definition) is 9. The number of amides is 2. The first kappa shape index (κ1) is 30.9. The van der Waals surface area contributed by atoms with Crippen LogP contribution in [-0.2, 0) is 14.3 Å². The summed E-state index contributed by atoms with van der Waals surface area (Å²) in [6.07, 6.45) is 4.99. The minimum absolute atomic E-state index is 0.00600. The van der Waals surface area contributed by atoms with Crippen LogP contribution >= 0.6 is 0 Å². The first-order chi connectivity index (χ1) is 15.9. The van der Waals surface area contributed by atoms with E-state index in [1.165, 1.54) is 0 Å². The number of carbonyl (C=O) groups is 3. The van der Waals surface area contributed by atoms with E-state index in [0.717, 1.165) is 45.1 Å². The summed E-state index contributed by atoms with van der Waals surface area (Å²) in [5.41, 5.74) is 16.5. The van der Waals surface area contributed by atoms with Crippen molar-refractivity contribution in [1.82, 2.24) is 16.0 Å². The third-order valence-corrected chi connectivity index (χ3v) is 4.87. The van der Waals surface area contributed by atoms with Crippen LogP contribution in [0, 0.1) is 0 Å². The minimum atomic E-state index is -1.41. The van der Waals surface area contributed by atoms with Crippen LogP contribution in [0.25, 0.3) is 0 Å². The molecule has 0 aromatic carbocycles. The van der Waals surface area contributed by atoms with Crippen molar-refractivity contribution in [2.75, 3.05) is 45.9 Å². The van der Waals surface area contributed by atoms with Gasteiger partial charge >= 0.3 is 12.2 Å². The van der Waals surface area contributed by atoms with Crippen molar-refractivity contribution in [3.63, 3.8) is 0 Å². The molecule has 0 aliphatic heterocycles. The highest BCUT2D eigenvalue weighted by Crippen LogP contribution is 2.04. The summed E-state index contributed by atoms with van der Waals surface area (Å²) in [6.45, 7) is 2.44. The lowest BCUT2D eigenvalue weighted by Crippen LogP contribution is -2.45. The Balaban J connectivity index is 4.51. The zero-order valence-electron chi connectivity index (χ0n) is 19.7. The molecule has 0 heterocycles. The van der Waals surface area contributed by atoms with Crippen LogP contribution in [0.15, 0.2) is 0 Å². The largest absolute Gasteiger partial charge is 0.505 e. The molecule has 0 radical (unpaired) electrons. The number of carboxylic acid groups (broad SMARTS) is 1. The predicted molar refractivity (Wildman–Crippen MR) is 126 cm³/mol. The summed E-state index contributed by atoms with van der Waals surface area (Å²) in [5.74, 6) is -0.176. The lowest BCUT2D eigenvalue weighted by Gasteiger charge is -2.21. The van der Waals surface area contributed by atoms with E-state index >= 15 is 0 Å². The van der Waals surface area contributed by atoms with E-state index < -0.39 is 18.3 Å². The fraction of sp³-hybridized carbons (Fsp3) is 0.857. The molecule has 0 bridgehead atoms. The molecule has 194 valence electrons. The maximum absolute atomic E-state index is 12.2. The Morgan fingerprint density at radius 3 is 1.85 bits per heavy atom. The zero-order chi connectivity index (χ0) is 24.7. The number of alkyl carbamates (subject to hydrolysis) is 1. The highest BCUT2D eigenvalue weighted by molar-refractivity contribution is 5.78. The Bertz CT molecular complexity index is 525. The molecule has 2 amide bonds. The van der Waals surface area contributed by atoms with Crippen molar-refractivity contribution < 1.29 is 29.0 Å². The maximum Gasteiger partial charge on any atom is 0.505 e. The molecule has 0 aliphatic carbocycles. The molecule has 12 nitrogen and oxygen atoms in total. The fourth-order valence-corrected chi connectivity index (χ4v) is 3.07. The third kappa shape index (κ3) is 20.2. The average molecular weight is 477 g/mol. The molecule has 0 saturated heterocycles. The number of rotatable bonds is 21. The molecular weight excluding hydrogens is 432 g/mol. The SMILES string of the molecule is NCCCCCNCC(=O)N[C@@H](CCCCN)COC(=O)N[C@H](CCCCN)COC(=O)O. The molecule has 12 heteroatoms. The van der Waals surface area contributed by atoms with Gasteiger partial charge < -0.3 is 47.7 Å². The van der Waals surface area contributed by atoms with Gasteiger partial charge in [-0.1, -0.05) is 19.3 Å². The Morgan fingerprint density at radius 1 is 0.727 bits per heavy atom. The minimum Gasteiger partial charge on any atom is -0.450 e. The van der Waals surface area contributed by atoms with E-state index in [1.807, 2.05) is 0 Å². The summed E-state index contributed by atoms with van der Waals surface area (Å²) in [4.78, 5) is 35.1. The van der Waals surface area contributed by atoms with E-state index in [9.17, 15) is 14.4 Å². The number of nitrogens with one attached hydrogen (secondary N) is 3. The molecule has 0 saturated carbocycles. The topological polar surface area (TPSA) is 204 Å². The molecule has 0 aliphatic rings. The molecule has 0 aromatic heterocycles. The average Bonchev–Trinajstić information content (AvgIpc) is 2.78. The van der Waals surface area contributed by atoms with Crippen molar-refractivity contribution in [3.05, 3.63) is 0 Å². The van der Waals surface area contributed by atoms with Crippen molar-refractivity contribution in [2.45, 2.75) is 69.9 Å². The normalized spacial score (nSPS) is 12.6. The van der Waals surface area contributed by atoms with E-state index in [-0.39, 0.29) is 31.7 Å². The van der Waals surface area contributed by atoms with Crippen LogP contribution in [0.5, 0.6) is 0 Å². The van der Waals surface area contributed by atoms with Crippen LogP contribution in [0.4, 0.5) is 9.59 Å².